The number of amides is 2. The van der Waals surface area contributed by atoms with Gasteiger partial charge in [-0.2, -0.15) is 0 Å². The van der Waals surface area contributed by atoms with Gasteiger partial charge in [-0.25, -0.2) is 22.4 Å². The Hall–Kier alpha value is -4.91. The predicted molar refractivity (Wildman–Crippen MR) is 205 cm³/mol. The van der Waals surface area contributed by atoms with E-state index in [1.165, 1.54) is 20.0 Å². The summed E-state index contributed by atoms with van der Waals surface area (Å²) in [6.07, 6.45) is 6.28. The molecule has 12 heteroatoms. The minimum Gasteiger partial charge on any atom is -0.381 e. The van der Waals surface area contributed by atoms with E-state index in [9.17, 15) is 18.0 Å². The van der Waals surface area contributed by atoms with E-state index in [0.717, 1.165) is 60.2 Å². The van der Waals surface area contributed by atoms with Crippen molar-refractivity contribution in [3.05, 3.63) is 100 Å². The van der Waals surface area contributed by atoms with E-state index in [0.29, 0.717) is 48.5 Å². The summed E-state index contributed by atoms with van der Waals surface area (Å²) in [4.78, 5) is 39.4. The highest BCUT2D eigenvalue weighted by atomic mass is 32.2. The Morgan fingerprint density at radius 2 is 1.70 bits per heavy atom. The fourth-order valence-corrected chi connectivity index (χ4v) is 8.67. The van der Waals surface area contributed by atoms with E-state index in [2.05, 4.69) is 29.3 Å². The molecule has 2 aromatic heterocycles. The quantitative estimate of drug-likeness (QED) is 0.205. The van der Waals surface area contributed by atoms with Crippen LogP contribution in [-0.2, 0) is 32.5 Å². The van der Waals surface area contributed by atoms with E-state index >= 15 is 0 Å². The number of aryl methyl sites for hydroxylation is 3. The monoisotopic (exact) mass is 734 g/mol. The SMILES string of the molecule is Cc1ccc(S(=O)(=O)n2cc(-c3ccc(C(=O)N(C)C)c(C)c3)c3nc(-c4cc(C)c5c(c4)CN(CCC(=O)NC4CCOCC4)CC5)cnc32)cc1. The van der Waals surface area contributed by atoms with Gasteiger partial charge in [-0.3, -0.25) is 14.5 Å². The Kier molecular flexibility index (Phi) is 10.2. The van der Waals surface area contributed by atoms with Gasteiger partial charge in [-0.05, 0) is 98.2 Å². The van der Waals surface area contributed by atoms with Crippen molar-refractivity contribution in [3.63, 3.8) is 0 Å². The maximum atomic E-state index is 14.1. The zero-order chi connectivity index (χ0) is 37.4. The summed E-state index contributed by atoms with van der Waals surface area (Å²) in [5.74, 6) is -0.0300. The molecule has 0 aliphatic carbocycles. The molecule has 53 heavy (non-hydrogen) atoms. The van der Waals surface area contributed by atoms with Gasteiger partial charge in [0.05, 0.1) is 16.8 Å². The zero-order valence-electron chi connectivity index (χ0n) is 31.0. The van der Waals surface area contributed by atoms with Crippen LogP contribution in [0.3, 0.4) is 0 Å². The van der Waals surface area contributed by atoms with Crippen LogP contribution in [0.4, 0.5) is 0 Å². The summed E-state index contributed by atoms with van der Waals surface area (Å²) in [5, 5.41) is 3.17. The van der Waals surface area contributed by atoms with E-state index in [1.54, 1.807) is 56.8 Å². The minimum atomic E-state index is -4.02. The number of hydrogen-bond donors (Lipinski definition) is 1. The van der Waals surface area contributed by atoms with Gasteiger partial charge in [0.1, 0.15) is 5.52 Å². The molecule has 0 atom stereocenters. The summed E-state index contributed by atoms with van der Waals surface area (Å²) < 4.78 is 34.8. The molecular weight excluding hydrogens is 689 g/mol. The average molecular weight is 735 g/mol. The average Bonchev–Trinajstić information content (AvgIpc) is 3.54. The summed E-state index contributed by atoms with van der Waals surface area (Å²) in [6.45, 7) is 9.56. The molecule has 2 amide bonds. The van der Waals surface area contributed by atoms with Crippen LogP contribution in [0.15, 0.2) is 71.9 Å². The van der Waals surface area contributed by atoms with Crippen LogP contribution in [0, 0.1) is 20.8 Å². The molecule has 0 bridgehead atoms. The first kappa shape index (κ1) is 36.4. The van der Waals surface area contributed by atoms with Crippen LogP contribution in [0.25, 0.3) is 33.5 Å². The van der Waals surface area contributed by atoms with Gasteiger partial charge >= 0.3 is 0 Å². The fourth-order valence-electron chi connectivity index (χ4n) is 7.35. The van der Waals surface area contributed by atoms with Crippen LogP contribution in [-0.4, -0.2) is 90.4 Å². The van der Waals surface area contributed by atoms with Gasteiger partial charge in [-0.1, -0.05) is 29.8 Å². The van der Waals surface area contributed by atoms with Crippen LogP contribution >= 0.6 is 0 Å². The first-order valence-corrected chi connectivity index (χ1v) is 19.6. The van der Waals surface area contributed by atoms with Crippen LogP contribution in [0.2, 0.25) is 0 Å². The Morgan fingerprint density at radius 3 is 2.42 bits per heavy atom. The van der Waals surface area contributed by atoms with Crippen LogP contribution in [0.5, 0.6) is 0 Å². The van der Waals surface area contributed by atoms with Crippen molar-refractivity contribution in [2.24, 2.45) is 0 Å². The van der Waals surface area contributed by atoms with Crippen molar-refractivity contribution >= 4 is 33.0 Å². The number of nitrogens with one attached hydrogen (secondary N) is 1. The number of nitrogens with zero attached hydrogens (tertiary/aromatic N) is 5. The fraction of sp³-hybridized carbons (Fsp3) is 0.366. The highest BCUT2D eigenvalue weighted by molar-refractivity contribution is 7.90. The van der Waals surface area contributed by atoms with Crippen molar-refractivity contribution in [3.8, 4) is 22.4 Å². The van der Waals surface area contributed by atoms with E-state index in [1.807, 2.05) is 26.0 Å². The van der Waals surface area contributed by atoms with Crippen molar-refractivity contribution in [2.75, 3.05) is 40.4 Å². The Labute approximate surface area is 311 Å². The Morgan fingerprint density at radius 1 is 0.962 bits per heavy atom. The summed E-state index contributed by atoms with van der Waals surface area (Å²) in [5.41, 5.74) is 9.44. The van der Waals surface area contributed by atoms with Crippen molar-refractivity contribution in [1.29, 1.82) is 0 Å². The zero-order valence-corrected chi connectivity index (χ0v) is 31.8. The second-order valence-corrected chi connectivity index (χ2v) is 16.3. The topological polar surface area (TPSA) is 127 Å². The van der Waals surface area contributed by atoms with Gasteiger partial charge < -0.3 is 15.0 Å². The number of ether oxygens (including phenoxy) is 1. The molecule has 0 spiro atoms. The number of hydrogen-bond acceptors (Lipinski definition) is 8. The number of fused-ring (bicyclic) bond motifs is 2. The molecule has 1 saturated heterocycles. The van der Waals surface area contributed by atoms with Gasteiger partial charge in [0, 0.05) is 82.3 Å². The van der Waals surface area contributed by atoms with E-state index < -0.39 is 10.0 Å². The molecule has 3 aromatic carbocycles. The van der Waals surface area contributed by atoms with Crippen molar-refractivity contribution in [2.45, 2.75) is 63.9 Å². The lowest BCUT2D eigenvalue weighted by molar-refractivity contribution is -0.122. The third-order valence-corrected chi connectivity index (χ3v) is 12.1. The first-order chi connectivity index (χ1) is 25.4. The van der Waals surface area contributed by atoms with E-state index in [-0.39, 0.29) is 28.4 Å². The Balaban J connectivity index is 1.24. The summed E-state index contributed by atoms with van der Waals surface area (Å²) in [6, 6.07) is 16.7. The molecule has 0 saturated carbocycles. The maximum absolute atomic E-state index is 14.1. The predicted octanol–water partition coefficient (Wildman–Crippen LogP) is 5.67. The first-order valence-electron chi connectivity index (χ1n) is 18.1. The number of carbonyl (C=O) groups is 2. The molecule has 1 fully saturated rings. The normalized spacial score (nSPS) is 15.3. The van der Waals surface area contributed by atoms with Crippen LogP contribution in [0.1, 0.15) is 57.4 Å². The van der Waals surface area contributed by atoms with Gasteiger partial charge in [-0.15, -0.1) is 0 Å². The number of benzene rings is 3. The third kappa shape index (κ3) is 7.49. The molecule has 11 nitrogen and oxygen atoms in total. The number of aromatic nitrogens is 3. The molecule has 276 valence electrons. The highest BCUT2D eigenvalue weighted by Crippen LogP contribution is 2.35. The second kappa shape index (κ2) is 14.8. The molecule has 5 aromatic rings. The molecule has 4 heterocycles. The lowest BCUT2D eigenvalue weighted by Crippen LogP contribution is -2.41. The standard InChI is InChI=1S/C41H46N6O5S/c1-26-6-9-33(10-7-26)53(50,51)47-25-36(29-8-11-35(28(3)20-29)41(49)45(4)5)39-40(47)42-23-37(44-39)30-21-27(2)34-12-16-46(24-31(34)22-30)17-13-38(48)43-32-14-18-52-19-15-32/h6-11,20-23,25,32H,12-19,24H2,1-5H3,(H,43,48). The molecular formula is C41H46N6O5S. The van der Waals surface area contributed by atoms with Crippen molar-refractivity contribution < 1.29 is 22.7 Å². The highest BCUT2D eigenvalue weighted by Gasteiger charge is 2.26. The van der Waals surface area contributed by atoms with Crippen LogP contribution < -0.4 is 5.32 Å². The second-order valence-electron chi connectivity index (χ2n) is 14.5. The third-order valence-electron chi connectivity index (χ3n) is 10.4. The van der Waals surface area contributed by atoms with Gasteiger partial charge in [0.15, 0.2) is 5.65 Å². The molecule has 0 radical (unpaired) electrons. The largest absolute Gasteiger partial charge is 0.381 e. The smallest absolute Gasteiger partial charge is 0.269 e. The maximum Gasteiger partial charge on any atom is 0.269 e. The van der Waals surface area contributed by atoms with Crippen molar-refractivity contribution in [1.82, 2.24) is 29.1 Å². The lowest BCUT2D eigenvalue weighted by atomic mass is 9.92. The molecule has 2 aliphatic heterocycles. The van der Waals surface area contributed by atoms with E-state index in [4.69, 9.17) is 14.7 Å². The number of rotatable bonds is 9. The van der Waals surface area contributed by atoms with Gasteiger partial charge in [0.2, 0.25) is 5.91 Å². The summed E-state index contributed by atoms with van der Waals surface area (Å²) >= 11 is 0. The lowest BCUT2D eigenvalue weighted by Gasteiger charge is -2.30. The molecule has 1 N–H and O–H groups in total. The Bertz CT molecular complexity index is 2310. The molecule has 0 unspecified atom stereocenters. The van der Waals surface area contributed by atoms with Gasteiger partial charge in [0.25, 0.3) is 15.9 Å². The molecule has 2 aliphatic rings. The summed E-state index contributed by atoms with van der Waals surface area (Å²) in [7, 11) is -0.597. The molecule has 7 rings (SSSR count). The number of carbonyl (C=O) groups excluding carboxylic acids is 2. The minimum absolute atomic E-state index is 0.0810.